The van der Waals surface area contributed by atoms with E-state index in [4.69, 9.17) is 0 Å². The monoisotopic (exact) mass is 349 g/mol. The van der Waals surface area contributed by atoms with Crippen LogP contribution in [0.4, 0.5) is 5.82 Å². The van der Waals surface area contributed by atoms with Crippen molar-refractivity contribution in [1.29, 1.82) is 0 Å². The van der Waals surface area contributed by atoms with Crippen LogP contribution in [-0.4, -0.2) is 42.7 Å². The van der Waals surface area contributed by atoms with Crippen molar-refractivity contribution < 1.29 is 8.42 Å². The van der Waals surface area contributed by atoms with Gasteiger partial charge in [0, 0.05) is 31.2 Å². The number of hydrogen-bond acceptors (Lipinski definition) is 4. The zero-order valence-electron chi connectivity index (χ0n) is 11.6. The molecule has 0 radical (unpaired) electrons. The van der Waals surface area contributed by atoms with Crippen molar-refractivity contribution in [2.45, 2.75) is 36.0 Å². The number of pyridine rings is 1. The topological polar surface area (TPSA) is 62.3 Å². The van der Waals surface area contributed by atoms with E-state index in [1.54, 1.807) is 12.1 Å². The molecule has 108 valence electrons. The minimum absolute atomic E-state index is 0.199. The van der Waals surface area contributed by atoms with Gasteiger partial charge in [-0.2, -0.15) is 0 Å². The highest BCUT2D eigenvalue weighted by Gasteiger charge is 2.17. The summed E-state index contributed by atoms with van der Waals surface area (Å²) in [6.07, 6.45) is 2.33. The summed E-state index contributed by atoms with van der Waals surface area (Å²) in [5.41, 5.74) is 0. The van der Waals surface area contributed by atoms with Crippen LogP contribution in [0, 0.1) is 0 Å². The lowest BCUT2D eigenvalue weighted by atomic mass is 10.2. The number of anilines is 1. The molecule has 0 fully saturated rings. The van der Waals surface area contributed by atoms with Gasteiger partial charge in [-0.3, -0.25) is 0 Å². The van der Waals surface area contributed by atoms with E-state index >= 15 is 0 Å². The highest BCUT2D eigenvalue weighted by Crippen LogP contribution is 2.16. The molecule has 19 heavy (non-hydrogen) atoms. The van der Waals surface area contributed by atoms with Gasteiger partial charge in [-0.1, -0.05) is 22.9 Å². The molecule has 0 bridgehead atoms. The first-order chi connectivity index (χ1) is 8.73. The Hall–Kier alpha value is -0.660. The van der Waals surface area contributed by atoms with E-state index < -0.39 is 10.0 Å². The number of halogens is 1. The van der Waals surface area contributed by atoms with Crippen LogP contribution in [0.15, 0.2) is 23.2 Å². The van der Waals surface area contributed by atoms with Crippen molar-refractivity contribution in [3.63, 3.8) is 0 Å². The van der Waals surface area contributed by atoms with Crippen LogP contribution < -0.4 is 5.32 Å². The van der Waals surface area contributed by atoms with Gasteiger partial charge < -0.3 is 5.32 Å². The summed E-state index contributed by atoms with van der Waals surface area (Å²) in [6.45, 7) is 4.14. The third-order valence-electron chi connectivity index (χ3n) is 2.59. The first-order valence-electron chi connectivity index (χ1n) is 6.02. The second-order valence-electron chi connectivity index (χ2n) is 4.73. The molecule has 0 amide bonds. The maximum atomic E-state index is 11.9. The molecular formula is C12H20BrN3O2S. The summed E-state index contributed by atoms with van der Waals surface area (Å²) in [6, 6.07) is 3.51. The molecule has 0 saturated heterocycles. The van der Waals surface area contributed by atoms with Crippen LogP contribution in [0.3, 0.4) is 0 Å². The van der Waals surface area contributed by atoms with Crippen molar-refractivity contribution in [1.82, 2.24) is 9.29 Å². The molecule has 7 heteroatoms. The number of rotatable bonds is 6. The predicted octanol–water partition coefficient (Wildman–Crippen LogP) is 2.31. The van der Waals surface area contributed by atoms with E-state index in [9.17, 15) is 8.42 Å². The Bertz CT molecular complexity index is 500. The third-order valence-corrected chi connectivity index (χ3v) is 4.76. The van der Waals surface area contributed by atoms with Crippen molar-refractivity contribution in [3.05, 3.63) is 18.3 Å². The lowest BCUT2D eigenvalue weighted by Crippen LogP contribution is -2.23. The lowest BCUT2D eigenvalue weighted by molar-refractivity contribution is 0.520. The Morgan fingerprint density at radius 3 is 2.42 bits per heavy atom. The summed E-state index contributed by atoms with van der Waals surface area (Å²) in [5, 5.41) is 3.23. The van der Waals surface area contributed by atoms with Crippen molar-refractivity contribution >= 4 is 31.8 Å². The summed E-state index contributed by atoms with van der Waals surface area (Å²) in [4.78, 5) is 4.76. The normalized spacial score (nSPS) is 15.3. The van der Waals surface area contributed by atoms with Gasteiger partial charge >= 0.3 is 0 Å². The van der Waals surface area contributed by atoms with Crippen LogP contribution in [0.2, 0.25) is 0 Å². The van der Waals surface area contributed by atoms with E-state index in [1.165, 1.54) is 24.6 Å². The molecular weight excluding hydrogens is 330 g/mol. The number of alkyl halides is 1. The van der Waals surface area contributed by atoms with Crippen LogP contribution in [0.1, 0.15) is 20.3 Å². The Balaban J connectivity index is 2.78. The quantitative estimate of drug-likeness (QED) is 0.800. The van der Waals surface area contributed by atoms with Gasteiger partial charge in [0.05, 0.1) is 0 Å². The highest BCUT2D eigenvalue weighted by molar-refractivity contribution is 9.09. The smallest absolute Gasteiger partial charge is 0.244 e. The van der Waals surface area contributed by atoms with E-state index in [1.807, 2.05) is 0 Å². The lowest BCUT2D eigenvalue weighted by Gasteiger charge is -2.16. The number of aromatic nitrogens is 1. The molecule has 1 heterocycles. The van der Waals surface area contributed by atoms with Gasteiger partial charge in [0.1, 0.15) is 10.7 Å². The molecule has 0 aromatic carbocycles. The number of nitrogens with zero attached hydrogens (tertiary/aromatic N) is 2. The fraction of sp³-hybridized carbons (Fsp3) is 0.583. The third kappa shape index (κ3) is 4.74. The van der Waals surface area contributed by atoms with Gasteiger partial charge in [-0.15, -0.1) is 0 Å². The molecule has 5 nitrogen and oxygen atoms in total. The molecule has 2 atom stereocenters. The first-order valence-corrected chi connectivity index (χ1v) is 8.38. The second-order valence-corrected chi connectivity index (χ2v) is 8.44. The maximum Gasteiger partial charge on any atom is 0.244 e. The largest absolute Gasteiger partial charge is 0.368 e. The summed E-state index contributed by atoms with van der Waals surface area (Å²) in [7, 11) is -0.404. The number of nitrogens with one attached hydrogen (secondary N) is 1. The van der Waals surface area contributed by atoms with E-state index in [0.717, 1.165) is 6.42 Å². The van der Waals surface area contributed by atoms with E-state index in [2.05, 4.69) is 40.1 Å². The van der Waals surface area contributed by atoms with Crippen molar-refractivity contribution in [2.75, 3.05) is 19.4 Å². The van der Waals surface area contributed by atoms with Gasteiger partial charge in [-0.25, -0.2) is 17.7 Å². The Labute approximate surface area is 123 Å². The molecule has 0 saturated carbocycles. The van der Waals surface area contributed by atoms with Crippen molar-refractivity contribution in [2.24, 2.45) is 0 Å². The Kier molecular flexibility index (Phi) is 5.76. The van der Waals surface area contributed by atoms with E-state index in [-0.39, 0.29) is 10.9 Å². The first kappa shape index (κ1) is 16.4. The summed E-state index contributed by atoms with van der Waals surface area (Å²) < 4.78 is 24.9. The average Bonchev–Trinajstić information content (AvgIpc) is 2.28. The molecule has 2 unspecified atom stereocenters. The molecule has 0 aliphatic carbocycles. The number of sulfonamides is 1. The van der Waals surface area contributed by atoms with Crippen LogP contribution >= 0.6 is 15.9 Å². The molecule has 0 spiro atoms. The summed E-state index contributed by atoms with van der Waals surface area (Å²) in [5.74, 6) is 0.679. The van der Waals surface area contributed by atoms with Gasteiger partial charge in [0.15, 0.2) is 0 Å². The van der Waals surface area contributed by atoms with Crippen LogP contribution in [0.5, 0.6) is 0 Å². The van der Waals surface area contributed by atoms with Gasteiger partial charge in [-0.05, 0) is 25.5 Å². The van der Waals surface area contributed by atoms with Gasteiger partial charge in [0.2, 0.25) is 10.0 Å². The number of hydrogen-bond donors (Lipinski definition) is 1. The zero-order chi connectivity index (χ0) is 14.6. The minimum Gasteiger partial charge on any atom is -0.368 e. The minimum atomic E-state index is -3.41. The van der Waals surface area contributed by atoms with E-state index in [0.29, 0.717) is 10.6 Å². The molecule has 1 N–H and O–H groups in total. The predicted molar refractivity (Wildman–Crippen MR) is 81.2 cm³/mol. The molecule has 1 aromatic rings. The fourth-order valence-electron chi connectivity index (χ4n) is 1.63. The molecule has 0 aliphatic heterocycles. The standard InChI is InChI=1S/C12H20BrN3O2S/c1-9(13)7-10(2)15-12-6-5-11(8-14-12)19(17,18)16(3)4/h5-6,8-10H,7H2,1-4H3,(H,14,15). The van der Waals surface area contributed by atoms with Crippen LogP contribution in [0.25, 0.3) is 0 Å². The molecule has 0 aliphatic rings. The molecule has 1 rings (SSSR count). The average molecular weight is 350 g/mol. The maximum absolute atomic E-state index is 11.9. The zero-order valence-corrected chi connectivity index (χ0v) is 14.0. The Morgan fingerprint density at radius 2 is 2.00 bits per heavy atom. The van der Waals surface area contributed by atoms with Gasteiger partial charge in [0.25, 0.3) is 0 Å². The molecule has 1 aromatic heterocycles. The second kappa shape index (κ2) is 6.67. The van der Waals surface area contributed by atoms with Crippen molar-refractivity contribution in [3.8, 4) is 0 Å². The fourth-order valence-corrected chi connectivity index (χ4v) is 3.04. The highest BCUT2D eigenvalue weighted by atomic mass is 79.9. The SMILES string of the molecule is CC(Br)CC(C)Nc1ccc(S(=O)(=O)N(C)C)cn1. The van der Waals surface area contributed by atoms with Crippen LogP contribution in [-0.2, 0) is 10.0 Å². The Morgan fingerprint density at radius 1 is 1.37 bits per heavy atom. The summed E-state index contributed by atoms with van der Waals surface area (Å²) >= 11 is 3.50.